The zero-order chi connectivity index (χ0) is 19.1. The van der Waals surface area contributed by atoms with E-state index in [1.807, 2.05) is 25.1 Å². The molecule has 140 valence electrons. The molecule has 0 bridgehead atoms. The van der Waals surface area contributed by atoms with Crippen LogP contribution in [0.3, 0.4) is 0 Å². The van der Waals surface area contributed by atoms with Gasteiger partial charge in [0.25, 0.3) is 0 Å². The number of thiazole rings is 1. The van der Waals surface area contributed by atoms with Gasteiger partial charge in [0.15, 0.2) is 5.13 Å². The summed E-state index contributed by atoms with van der Waals surface area (Å²) in [5.41, 5.74) is 1.70. The van der Waals surface area contributed by atoms with E-state index >= 15 is 0 Å². The fraction of sp³-hybridized carbons (Fsp3) is 0.389. The van der Waals surface area contributed by atoms with Crippen LogP contribution >= 0.6 is 27.3 Å². The van der Waals surface area contributed by atoms with Gasteiger partial charge in [0.2, 0.25) is 5.91 Å². The topological polar surface area (TPSA) is 77.5 Å². The lowest BCUT2D eigenvalue weighted by atomic mass is 10.2. The van der Waals surface area contributed by atoms with Gasteiger partial charge in [-0.25, -0.2) is 9.78 Å². The molecule has 0 aliphatic rings. The maximum Gasteiger partial charge on any atom is 0.350 e. The molecule has 26 heavy (non-hydrogen) atoms. The van der Waals surface area contributed by atoms with Gasteiger partial charge in [-0.15, -0.1) is 0 Å². The molecule has 6 nitrogen and oxygen atoms in total. The van der Waals surface area contributed by atoms with E-state index in [1.165, 1.54) is 0 Å². The number of ether oxygens (including phenoxy) is 2. The number of rotatable bonds is 8. The molecule has 0 radical (unpaired) electrons. The average Bonchev–Trinajstić information content (AvgIpc) is 2.93. The molecule has 2 aromatic rings. The summed E-state index contributed by atoms with van der Waals surface area (Å²) >= 11 is 4.58. The maximum absolute atomic E-state index is 12.0. The van der Waals surface area contributed by atoms with Crippen LogP contribution in [-0.4, -0.2) is 30.1 Å². The number of carbonyl (C=O) groups is 2. The van der Waals surface area contributed by atoms with Gasteiger partial charge < -0.3 is 14.8 Å². The van der Waals surface area contributed by atoms with Gasteiger partial charge in [0, 0.05) is 6.42 Å². The average molecular weight is 441 g/mol. The Bertz CT molecular complexity index is 791. The second kappa shape index (κ2) is 9.68. The number of aryl methyl sites for hydroxylation is 2. The number of benzene rings is 1. The maximum atomic E-state index is 12.0. The Labute approximate surface area is 165 Å². The Balaban J connectivity index is 1.78. The largest absolute Gasteiger partial charge is 0.492 e. The summed E-state index contributed by atoms with van der Waals surface area (Å²) < 4.78 is 11.5. The highest BCUT2D eigenvalue weighted by Crippen LogP contribution is 2.26. The number of esters is 1. The van der Waals surface area contributed by atoms with Crippen molar-refractivity contribution in [3.05, 3.63) is 38.8 Å². The molecule has 1 N–H and O–H groups in total. The monoisotopic (exact) mass is 440 g/mol. The molecule has 0 saturated carbocycles. The number of halogens is 1. The fourth-order valence-electron chi connectivity index (χ4n) is 2.16. The van der Waals surface area contributed by atoms with E-state index in [9.17, 15) is 9.59 Å². The summed E-state index contributed by atoms with van der Waals surface area (Å²) in [7, 11) is 0. The second-order valence-corrected chi connectivity index (χ2v) is 7.44. The van der Waals surface area contributed by atoms with Crippen LogP contribution in [0, 0.1) is 13.8 Å². The molecule has 0 spiro atoms. The van der Waals surface area contributed by atoms with E-state index in [1.54, 1.807) is 13.8 Å². The summed E-state index contributed by atoms with van der Waals surface area (Å²) in [5, 5.41) is 3.11. The minimum Gasteiger partial charge on any atom is -0.492 e. The number of hydrogen-bond donors (Lipinski definition) is 1. The molecule has 1 aromatic heterocycles. The molecule has 0 aliphatic heterocycles. The first-order valence-corrected chi connectivity index (χ1v) is 9.85. The molecule has 1 amide bonds. The molecular weight excluding hydrogens is 420 g/mol. The Morgan fingerprint density at radius 1 is 1.31 bits per heavy atom. The zero-order valence-electron chi connectivity index (χ0n) is 14.9. The molecule has 8 heteroatoms. The van der Waals surface area contributed by atoms with Crippen molar-refractivity contribution >= 4 is 44.3 Å². The first-order valence-electron chi connectivity index (χ1n) is 8.24. The van der Waals surface area contributed by atoms with Crippen LogP contribution in [0.1, 0.15) is 40.7 Å². The molecule has 1 heterocycles. The van der Waals surface area contributed by atoms with Crippen LogP contribution in [0.15, 0.2) is 22.7 Å². The van der Waals surface area contributed by atoms with Gasteiger partial charge in [0.1, 0.15) is 10.6 Å². The normalized spacial score (nSPS) is 10.5. The van der Waals surface area contributed by atoms with Crippen LogP contribution in [0.5, 0.6) is 5.75 Å². The number of nitrogens with zero attached hydrogens (tertiary/aromatic N) is 1. The van der Waals surface area contributed by atoms with E-state index in [0.29, 0.717) is 41.8 Å². The van der Waals surface area contributed by atoms with E-state index in [0.717, 1.165) is 27.1 Å². The summed E-state index contributed by atoms with van der Waals surface area (Å²) in [6, 6.07) is 5.85. The number of anilines is 1. The first-order chi connectivity index (χ1) is 12.4. The summed E-state index contributed by atoms with van der Waals surface area (Å²) in [6.07, 6.45) is 0.873. The molecule has 0 fully saturated rings. The Hall–Kier alpha value is -1.93. The van der Waals surface area contributed by atoms with E-state index in [4.69, 9.17) is 9.47 Å². The van der Waals surface area contributed by atoms with Crippen LogP contribution in [-0.2, 0) is 9.53 Å². The van der Waals surface area contributed by atoms with Crippen LogP contribution in [0.4, 0.5) is 5.13 Å². The Morgan fingerprint density at radius 2 is 2.08 bits per heavy atom. The zero-order valence-corrected chi connectivity index (χ0v) is 17.3. The number of amides is 1. The quantitative estimate of drug-likeness (QED) is 0.482. The molecule has 1 aromatic carbocycles. The van der Waals surface area contributed by atoms with Crippen molar-refractivity contribution in [2.45, 2.75) is 33.6 Å². The minimum atomic E-state index is -0.417. The number of hydrogen-bond acceptors (Lipinski definition) is 6. The molecule has 0 saturated heterocycles. The van der Waals surface area contributed by atoms with Crippen molar-refractivity contribution in [3.8, 4) is 5.75 Å². The lowest BCUT2D eigenvalue weighted by Gasteiger charge is -2.08. The lowest BCUT2D eigenvalue weighted by molar-refractivity contribution is -0.116. The lowest BCUT2D eigenvalue weighted by Crippen LogP contribution is -2.12. The van der Waals surface area contributed by atoms with Crippen molar-refractivity contribution in [3.63, 3.8) is 0 Å². The van der Waals surface area contributed by atoms with Crippen molar-refractivity contribution < 1.29 is 19.1 Å². The van der Waals surface area contributed by atoms with Crippen molar-refractivity contribution in [2.75, 3.05) is 18.5 Å². The molecular formula is C18H21BrN2O4S. The van der Waals surface area contributed by atoms with Crippen LogP contribution in [0.2, 0.25) is 0 Å². The number of aromatic nitrogens is 1. The molecule has 0 unspecified atom stereocenters. The highest BCUT2D eigenvalue weighted by molar-refractivity contribution is 9.10. The third-order valence-corrected chi connectivity index (χ3v) is 5.07. The van der Waals surface area contributed by atoms with Gasteiger partial charge in [0.05, 0.1) is 23.4 Å². The van der Waals surface area contributed by atoms with Gasteiger partial charge in [-0.2, -0.15) is 0 Å². The summed E-state index contributed by atoms with van der Waals surface area (Å²) in [5.74, 6) is 0.173. The van der Waals surface area contributed by atoms with Crippen molar-refractivity contribution in [1.82, 2.24) is 4.98 Å². The summed E-state index contributed by atoms with van der Waals surface area (Å²) in [4.78, 5) is 28.4. The smallest absolute Gasteiger partial charge is 0.350 e. The highest BCUT2D eigenvalue weighted by atomic mass is 79.9. The molecule has 2 rings (SSSR count). The third-order valence-electron chi connectivity index (χ3n) is 3.40. The van der Waals surface area contributed by atoms with Crippen molar-refractivity contribution in [1.29, 1.82) is 0 Å². The molecule has 0 atom stereocenters. The predicted molar refractivity (Wildman–Crippen MR) is 105 cm³/mol. The third kappa shape index (κ3) is 5.81. The second-order valence-electron chi connectivity index (χ2n) is 5.59. The standard InChI is InChI=1S/C18H21BrN2O4S/c1-4-24-17(23)16-12(3)20-18(26-16)21-15(22)6-5-9-25-14-8-7-11(2)10-13(14)19/h7-8,10H,4-6,9H2,1-3H3,(H,20,21,22). The van der Waals surface area contributed by atoms with E-state index in [-0.39, 0.29) is 5.91 Å². The van der Waals surface area contributed by atoms with Gasteiger partial charge >= 0.3 is 5.97 Å². The molecule has 0 aliphatic carbocycles. The minimum absolute atomic E-state index is 0.166. The number of carbonyl (C=O) groups excluding carboxylic acids is 2. The van der Waals surface area contributed by atoms with Gasteiger partial charge in [-0.1, -0.05) is 17.4 Å². The van der Waals surface area contributed by atoms with Crippen molar-refractivity contribution in [2.24, 2.45) is 0 Å². The number of nitrogens with one attached hydrogen (secondary N) is 1. The summed E-state index contributed by atoms with van der Waals surface area (Å²) in [6.45, 7) is 6.20. The predicted octanol–water partition coefficient (Wildman–Crippen LogP) is 4.50. The van der Waals surface area contributed by atoms with Gasteiger partial charge in [-0.05, 0) is 60.8 Å². The van der Waals surface area contributed by atoms with Gasteiger partial charge in [-0.3, -0.25) is 4.79 Å². The Kier molecular flexibility index (Phi) is 7.59. The van der Waals surface area contributed by atoms with Crippen LogP contribution < -0.4 is 10.1 Å². The first kappa shape index (κ1) is 20.4. The van der Waals surface area contributed by atoms with E-state index < -0.39 is 5.97 Å². The van der Waals surface area contributed by atoms with E-state index in [2.05, 4.69) is 26.2 Å². The Morgan fingerprint density at radius 3 is 2.77 bits per heavy atom. The fourth-order valence-corrected chi connectivity index (χ4v) is 3.64. The SMILES string of the molecule is CCOC(=O)c1sc(NC(=O)CCCOc2ccc(C)cc2Br)nc1C. The highest BCUT2D eigenvalue weighted by Gasteiger charge is 2.17. The van der Waals surface area contributed by atoms with Crippen LogP contribution in [0.25, 0.3) is 0 Å².